The van der Waals surface area contributed by atoms with E-state index in [1.54, 1.807) is 28.0 Å². The third kappa shape index (κ3) is 2.48. The number of para-hydroxylation sites is 2. The number of phenols is 1. The fraction of sp³-hybridized carbons (Fsp3) is 0.176. The lowest BCUT2D eigenvalue weighted by molar-refractivity contribution is 0.203. The molecule has 2 heterocycles. The largest absolute Gasteiger partial charge is 0.508 e. The van der Waals surface area contributed by atoms with Crippen molar-refractivity contribution in [2.24, 2.45) is 0 Å². The second-order valence-electron chi connectivity index (χ2n) is 5.64. The minimum absolute atomic E-state index is 0.179. The van der Waals surface area contributed by atoms with E-state index in [1.165, 1.54) is 5.56 Å². The second-order valence-corrected chi connectivity index (χ2v) is 5.64. The molecule has 0 radical (unpaired) electrons. The van der Waals surface area contributed by atoms with Gasteiger partial charge in [-0.05, 0) is 41.8 Å². The summed E-state index contributed by atoms with van der Waals surface area (Å²) in [5.74, 6) is 0.228. The minimum atomic E-state index is -0.179. The lowest BCUT2D eigenvalue weighted by atomic mass is 10.00. The number of nitrogens with zero attached hydrogens (tertiary/aromatic N) is 3. The van der Waals surface area contributed by atoms with Crippen molar-refractivity contribution in [2.75, 3.05) is 12.0 Å². The van der Waals surface area contributed by atoms with Gasteiger partial charge < -0.3 is 10.0 Å². The van der Waals surface area contributed by atoms with Gasteiger partial charge in [-0.2, -0.15) is 0 Å². The number of fused-ring (bicyclic) bond motifs is 2. The fourth-order valence-corrected chi connectivity index (χ4v) is 2.94. The number of aromatic hydroxyl groups is 1. The van der Waals surface area contributed by atoms with Gasteiger partial charge in [0.25, 0.3) is 0 Å². The summed E-state index contributed by atoms with van der Waals surface area (Å²) < 4.78 is 1.63. The van der Waals surface area contributed by atoms with Crippen molar-refractivity contribution >= 4 is 17.1 Å². The van der Waals surface area contributed by atoms with E-state index in [0.29, 0.717) is 13.1 Å². The predicted molar refractivity (Wildman–Crippen MR) is 86.7 cm³/mol. The number of urea groups is 1. The average Bonchev–Trinajstić information content (AvgIpc) is 2.97. The van der Waals surface area contributed by atoms with Gasteiger partial charge in [-0.1, -0.05) is 18.2 Å². The Morgan fingerprint density at radius 3 is 2.96 bits per heavy atom. The molecule has 0 saturated heterocycles. The summed E-state index contributed by atoms with van der Waals surface area (Å²) in [5, 5.41) is 9.61. The van der Waals surface area contributed by atoms with E-state index in [1.807, 2.05) is 30.3 Å². The fourth-order valence-electron chi connectivity index (χ4n) is 2.94. The zero-order chi connectivity index (χ0) is 15.8. The van der Waals surface area contributed by atoms with Crippen molar-refractivity contribution in [3.63, 3.8) is 0 Å². The van der Waals surface area contributed by atoms with Crippen LogP contribution in [0.5, 0.6) is 5.75 Å². The van der Waals surface area contributed by atoms with Crippen LogP contribution in [0.25, 0.3) is 11.0 Å². The number of benzene rings is 2. The quantitative estimate of drug-likeness (QED) is 0.725. The van der Waals surface area contributed by atoms with Gasteiger partial charge >= 0.3 is 6.03 Å². The normalized spacial score (nSPS) is 13.8. The van der Waals surface area contributed by atoms with E-state index in [-0.39, 0.29) is 11.8 Å². The van der Waals surface area contributed by atoms with Gasteiger partial charge in [-0.3, -0.25) is 0 Å². The molecule has 1 aliphatic heterocycles. The van der Waals surface area contributed by atoms with Crippen LogP contribution < -0.4 is 5.43 Å². The highest BCUT2D eigenvalue weighted by atomic mass is 16.3. The molecular formula is C17H16N4O2. The molecule has 2 N–H and O–H groups in total. The Morgan fingerprint density at radius 2 is 2.04 bits per heavy atom. The Kier molecular flexibility index (Phi) is 3.15. The van der Waals surface area contributed by atoms with Gasteiger partial charge in [0.15, 0.2) is 0 Å². The molecular weight excluding hydrogens is 292 g/mol. The first-order valence-corrected chi connectivity index (χ1v) is 7.49. The molecule has 0 unspecified atom stereocenters. The number of carbonyl (C=O) groups is 1. The standard InChI is InChI=1S/C17H16N4O2/c22-14-6-5-12-7-8-20(10-13(12)9-14)17(23)19-21-11-18-15-3-1-2-4-16(15)21/h1-6,9,11,22H,7-8,10H2,(H,19,23). The summed E-state index contributed by atoms with van der Waals surface area (Å²) in [6, 6.07) is 12.8. The minimum Gasteiger partial charge on any atom is -0.508 e. The van der Waals surface area contributed by atoms with Crippen LogP contribution in [0.15, 0.2) is 48.8 Å². The van der Waals surface area contributed by atoms with Gasteiger partial charge in [-0.15, -0.1) is 0 Å². The van der Waals surface area contributed by atoms with Crippen molar-refractivity contribution in [3.8, 4) is 5.75 Å². The Balaban J connectivity index is 1.54. The number of phenolic OH excluding ortho intramolecular Hbond substituents is 1. The van der Waals surface area contributed by atoms with E-state index in [0.717, 1.165) is 23.0 Å². The van der Waals surface area contributed by atoms with Gasteiger partial charge in [0, 0.05) is 13.1 Å². The molecule has 6 heteroatoms. The van der Waals surface area contributed by atoms with E-state index >= 15 is 0 Å². The smallest absolute Gasteiger partial charge is 0.336 e. The van der Waals surface area contributed by atoms with Crippen molar-refractivity contribution < 1.29 is 9.90 Å². The van der Waals surface area contributed by atoms with Gasteiger partial charge in [0.1, 0.15) is 12.1 Å². The van der Waals surface area contributed by atoms with Crippen LogP contribution in [0.3, 0.4) is 0 Å². The molecule has 116 valence electrons. The summed E-state index contributed by atoms with van der Waals surface area (Å²) in [7, 11) is 0. The molecule has 4 rings (SSSR count). The number of amides is 2. The second kappa shape index (κ2) is 5.31. The van der Waals surface area contributed by atoms with E-state index in [4.69, 9.17) is 0 Å². The Labute approximate surface area is 132 Å². The highest BCUT2D eigenvalue weighted by molar-refractivity contribution is 5.85. The predicted octanol–water partition coefficient (Wildman–Crippen LogP) is 2.46. The Hall–Kier alpha value is -3.02. The SMILES string of the molecule is O=C(Nn1cnc2ccccc21)N1CCc2ccc(O)cc2C1. The van der Waals surface area contributed by atoms with E-state index in [9.17, 15) is 9.90 Å². The molecule has 2 amide bonds. The number of imidazole rings is 1. The molecule has 0 saturated carbocycles. The van der Waals surface area contributed by atoms with Crippen LogP contribution in [-0.2, 0) is 13.0 Å². The van der Waals surface area contributed by atoms with Crippen LogP contribution >= 0.6 is 0 Å². The summed E-state index contributed by atoms with van der Waals surface area (Å²) >= 11 is 0. The first-order chi connectivity index (χ1) is 11.2. The van der Waals surface area contributed by atoms with E-state index < -0.39 is 0 Å². The van der Waals surface area contributed by atoms with Crippen molar-refractivity contribution in [1.29, 1.82) is 0 Å². The molecule has 23 heavy (non-hydrogen) atoms. The zero-order valence-corrected chi connectivity index (χ0v) is 12.4. The number of aromatic nitrogens is 2. The first kappa shape index (κ1) is 13.6. The van der Waals surface area contributed by atoms with Gasteiger partial charge in [0.05, 0.1) is 11.0 Å². The van der Waals surface area contributed by atoms with Crippen LogP contribution in [0, 0.1) is 0 Å². The summed E-state index contributed by atoms with van der Waals surface area (Å²) in [5.41, 5.74) is 6.72. The van der Waals surface area contributed by atoms with Crippen LogP contribution in [0.1, 0.15) is 11.1 Å². The maximum Gasteiger partial charge on any atom is 0.336 e. The van der Waals surface area contributed by atoms with Crippen LogP contribution in [-0.4, -0.2) is 32.2 Å². The molecule has 1 aromatic heterocycles. The molecule has 0 atom stereocenters. The topological polar surface area (TPSA) is 70.4 Å². The maximum atomic E-state index is 12.5. The molecule has 0 spiro atoms. The number of rotatable bonds is 1. The number of carbonyl (C=O) groups excluding carboxylic acids is 1. The molecule has 0 fully saturated rings. The van der Waals surface area contributed by atoms with Crippen LogP contribution in [0.4, 0.5) is 4.79 Å². The molecule has 0 aliphatic carbocycles. The van der Waals surface area contributed by atoms with Gasteiger partial charge in [-0.25, -0.2) is 19.9 Å². The van der Waals surface area contributed by atoms with Crippen molar-refractivity contribution in [2.45, 2.75) is 13.0 Å². The number of hydrogen-bond acceptors (Lipinski definition) is 3. The molecule has 6 nitrogen and oxygen atoms in total. The molecule has 3 aromatic rings. The monoisotopic (exact) mass is 308 g/mol. The molecule has 2 aromatic carbocycles. The van der Waals surface area contributed by atoms with E-state index in [2.05, 4.69) is 10.4 Å². The number of nitrogens with one attached hydrogen (secondary N) is 1. The third-order valence-electron chi connectivity index (χ3n) is 4.16. The van der Waals surface area contributed by atoms with Crippen LogP contribution in [0.2, 0.25) is 0 Å². The van der Waals surface area contributed by atoms with Crippen molar-refractivity contribution in [1.82, 2.24) is 14.6 Å². The lowest BCUT2D eigenvalue weighted by Gasteiger charge is -2.29. The summed E-state index contributed by atoms with van der Waals surface area (Å²) in [6.07, 6.45) is 2.39. The zero-order valence-electron chi connectivity index (χ0n) is 12.4. The highest BCUT2D eigenvalue weighted by Crippen LogP contribution is 2.23. The highest BCUT2D eigenvalue weighted by Gasteiger charge is 2.21. The lowest BCUT2D eigenvalue weighted by Crippen LogP contribution is -2.41. The average molecular weight is 308 g/mol. The first-order valence-electron chi connectivity index (χ1n) is 7.49. The third-order valence-corrected chi connectivity index (χ3v) is 4.16. The Bertz CT molecular complexity index is 887. The molecule has 0 bridgehead atoms. The maximum absolute atomic E-state index is 12.5. The summed E-state index contributed by atoms with van der Waals surface area (Å²) in [4.78, 5) is 18.5. The summed E-state index contributed by atoms with van der Waals surface area (Å²) in [6.45, 7) is 1.14. The Morgan fingerprint density at radius 1 is 1.17 bits per heavy atom. The van der Waals surface area contributed by atoms with Crippen molar-refractivity contribution in [3.05, 3.63) is 59.9 Å². The number of hydrogen-bond donors (Lipinski definition) is 2. The van der Waals surface area contributed by atoms with Gasteiger partial charge in [0.2, 0.25) is 0 Å². The molecule has 1 aliphatic rings.